The van der Waals surface area contributed by atoms with Crippen molar-refractivity contribution in [3.05, 3.63) is 29.1 Å². The molecule has 1 rings (SSSR count). The number of halogens is 3. The number of carbonyl (C=O) groups excluding carboxylic acids is 1. The van der Waals surface area contributed by atoms with Crippen molar-refractivity contribution in [3.8, 4) is 11.8 Å². The lowest BCUT2D eigenvalue weighted by Crippen LogP contribution is -2.12. The monoisotopic (exact) mass is 259 g/mol. The average molecular weight is 259 g/mol. The predicted molar refractivity (Wildman–Crippen MR) is 53.7 cm³/mol. The van der Waals surface area contributed by atoms with E-state index in [1.54, 1.807) is 0 Å². The standard InChI is InChI=1S/C11H8F3NO3/c1-2-17-10(16)8-4-7(12)3-6(5-15)9(8)18-11(13)14/h3-4,11H,2H2,1H3. The smallest absolute Gasteiger partial charge is 0.387 e. The van der Waals surface area contributed by atoms with Gasteiger partial charge in [-0.15, -0.1) is 0 Å². The molecule has 1 aromatic rings. The van der Waals surface area contributed by atoms with Crippen LogP contribution in [0.4, 0.5) is 13.2 Å². The van der Waals surface area contributed by atoms with Crippen molar-refractivity contribution in [2.75, 3.05) is 6.61 Å². The molecule has 18 heavy (non-hydrogen) atoms. The number of carbonyl (C=O) groups is 1. The van der Waals surface area contributed by atoms with Gasteiger partial charge >= 0.3 is 12.6 Å². The highest BCUT2D eigenvalue weighted by molar-refractivity contribution is 5.93. The number of ether oxygens (including phenoxy) is 2. The normalized spacial score (nSPS) is 10.0. The van der Waals surface area contributed by atoms with Crippen LogP contribution in [0.2, 0.25) is 0 Å². The highest BCUT2D eigenvalue weighted by Gasteiger charge is 2.22. The van der Waals surface area contributed by atoms with Crippen LogP contribution >= 0.6 is 0 Å². The van der Waals surface area contributed by atoms with Crippen molar-refractivity contribution < 1.29 is 27.4 Å². The largest absolute Gasteiger partial charge is 0.462 e. The Morgan fingerprint density at radius 3 is 2.67 bits per heavy atom. The van der Waals surface area contributed by atoms with E-state index in [0.717, 1.165) is 0 Å². The third kappa shape index (κ3) is 3.13. The van der Waals surface area contributed by atoms with Crippen molar-refractivity contribution >= 4 is 5.97 Å². The molecule has 0 amide bonds. The van der Waals surface area contributed by atoms with Crippen LogP contribution < -0.4 is 4.74 Å². The van der Waals surface area contributed by atoms with Gasteiger partial charge in [-0.05, 0) is 19.1 Å². The second-order valence-electron chi connectivity index (χ2n) is 3.04. The molecule has 0 bridgehead atoms. The maximum absolute atomic E-state index is 13.1. The molecule has 96 valence electrons. The fourth-order valence-corrected chi connectivity index (χ4v) is 1.25. The Hall–Kier alpha value is -2.23. The number of esters is 1. The van der Waals surface area contributed by atoms with Crippen LogP contribution in [0, 0.1) is 17.1 Å². The van der Waals surface area contributed by atoms with Gasteiger partial charge in [0.2, 0.25) is 0 Å². The van der Waals surface area contributed by atoms with Gasteiger partial charge in [0.1, 0.15) is 17.4 Å². The summed E-state index contributed by atoms with van der Waals surface area (Å²) in [5.41, 5.74) is -1.05. The van der Waals surface area contributed by atoms with Gasteiger partial charge in [-0.1, -0.05) is 0 Å². The fraction of sp³-hybridized carbons (Fsp3) is 0.273. The molecule has 7 heteroatoms. The first-order valence-corrected chi connectivity index (χ1v) is 4.85. The van der Waals surface area contributed by atoms with Crippen LogP contribution in [-0.4, -0.2) is 19.2 Å². The lowest BCUT2D eigenvalue weighted by molar-refractivity contribution is -0.0507. The molecule has 0 saturated heterocycles. The Labute approximate surface area is 101 Å². The summed E-state index contributed by atoms with van der Waals surface area (Å²) in [6.45, 7) is -1.77. The van der Waals surface area contributed by atoms with Gasteiger partial charge in [0.15, 0.2) is 5.75 Å². The van der Waals surface area contributed by atoms with Crippen LogP contribution in [0.5, 0.6) is 5.75 Å². The zero-order valence-electron chi connectivity index (χ0n) is 9.25. The van der Waals surface area contributed by atoms with Crippen molar-refractivity contribution in [2.24, 2.45) is 0 Å². The Morgan fingerprint density at radius 2 is 2.17 bits per heavy atom. The third-order valence-electron chi connectivity index (χ3n) is 1.88. The SMILES string of the molecule is CCOC(=O)c1cc(F)cc(C#N)c1OC(F)F. The first kappa shape index (κ1) is 13.8. The molecule has 1 aromatic carbocycles. The van der Waals surface area contributed by atoms with E-state index in [0.29, 0.717) is 12.1 Å². The molecule has 0 aromatic heterocycles. The zero-order valence-corrected chi connectivity index (χ0v) is 9.25. The number of rotatable bonds is 4. The molecule has 0 unspecified atom stereocenters. The minimum atomic E-state index is -3.24. The molecule has 0 N–H and O–H groups in total. The van der Waals surface area contributed by atoms with E-state index in [-0.39, 0.29) is 6.61 Å². The van der Waals surface area contributed by atoms with Gasteiger partial charge in [-0.2, -0.15) is 14.0 Å². The Morgan fingerprint density at radius 1 is 1.50 bits per heavy atom. The van der Waals surface area contributed by atoms with Crippen molar-refractivity contribution in [2.45, 2.75) is 13.5 Å². The molecule has 0 aliphatic heterocycles. The number of alkyl halides is 2. The Kier molecular flexibility index (Phi) is 4.54. The lowest BCUT2D eigenvalue weighted by atomic mass is 10.1. The minimum Gasteiger partial charge on any atom is -0.462 e. The highest BCUT2D eigenvalue weighted by Crippen LogP contribution is 2.27. The zero-order chi connectivity index (χ0) is 13.7. The molecular weight excluding hydrogens is 251 g/mol. The molecule has 0 spiro atoms. The maximum Gasteiger partial charge on any atom is 0.387 e. The van der Waals surface area contributed by atoms with Gasteiger partial charge < -0.3 is 9.47 Å². The summed E-state index contributed by atoms with van der Waals surface area (Å²) in [7, 11) is 0. The molecule has 0 atom stereocenters. The number of benzene rings is 1. The fourth-order valence-electron chi connectivity index (χ4n) is 1.25. The predicted octanol–water partition coefficient (Wildman–Crippen LogP) is 2.48. The highest BCUT2D eigenvalue weighted by atomic mass is 19.3. The number of nitrogens with zero attached hydrogens (tertiary/aromatic N) is 1. The molecule has 0 aliphatic rings. The summed E-state index contributed by atoms with van der Waals surface area (Å²) in [6.07, 6.45) is 0. The van der Waals surface area contributed by atoms with E-state index in [2.05, 4.69) is 9.47 Å². The second-order valence-corrected chi connectivity index (χ2v) is 3.04. The van der Waals surface area contributed by atoms with Crippen molar-refractivity contribution in [1.29, 1.82) is 5.26 Å². The van der Waals surface area contributed by atoms with Crippen LogP contribution in [0.1, 0.15) is 22.8 Å². The molecule has 0 aliphatic carbocycles. The summed E-state index contributed by atoms with van der Waals surface area (Å²) >= 11 is 0. The van der Waals surface area contributed by atoms with Gasteiger partial charge in [-0.25, -0.2) is 9.18 Å². The Bertz CT molecular complexity index is 497. The quantitative estimate of drug-likeness (QED) is 0.779. The van der Waals surface area contributed by atoms with Gasteiger partial charge in [-0.3, -0.25) is 0 Å². The number of nitriles is 1. The first-order valence-electron chi connectivity index (χ1n) is 4.85. The summed E-state index contributed by atoms with van der Waals surface area (Å²) in [4.78, 5) is 11.4. The van der Waals surface area contributed by atoms with E-state index in [1.807, 2.05) is 0 Å². The second kappa shape index (κ2) is 5.91. The van der Waals surface area contributed by atoms with Gasteiger partial charge in [0.05, 0.1) is 12.2 Å². The maximum atomic E-state index is 13.1. The van der Waals surface area contributed by atoms with Crippen LogP contribution in [-0.2, 0) is 4.74 Å². The molecular formula is C11H8F3NO3. The van der Waals surface area contributed by atoms with E-state index in [4.69, 9.17) is 5.26 Å². The van der Waals surface area contributed by atoms with Gasteiger partial charge in [0.25, 0.3) is 0 Å². The molecule has 0 fully saturated rings. The van der Waals surface area contributed by atoms with Crippen LogP contribution in [0.15, 0.2) is 12.1 Å². The molecule has 0 saturated carbocycles. The molecule has 0 heterocycles. The topological polar surface area (TPSA) is 59.3 Å². The summed E-state index contributed by atoms with van der Waals surface area (Å²) in [5.74, 6) is -2.65. The summed E-state index contributed by atoms with van der Waals surface area (Å²) < 4.78 is 46.1. The molecule has 4 nitrogen and oxygen atoms in total. The van der Waals surface area contributed by atoms with E-state index < -0.39 is 35.3 Å². The first-order chi connectivity index (χ1) is 8.49. The minimum absolute atomic E-state index is 0.0225. The Balaban J connectivity index is 3.33. The molecule has 0 radical (unpaired) electrons. The third-order valence-corrected chi connectivity index (χ3v) is 1.88. The van der Waals surface area contributed by atoms with Crippen molar-refractivity contribution in [1.82, 2.24) is 0 Å². The number of hydrogen-bond donors (Lipinski definition) is 0. The van der Waals surface area contributed by atoms with Crippen molar-refractivity contribution in [3.63, 3.8) is 0 Å². The summed E-state index contributed by atoms with van der Waals surface area (Å²) in [6, 6.07) is 2.85. The number of hydrogen-bond acceptors (Lipinski definition) is 4. The average Bonchev–Trinajstić information content (AvgIpc) is 2.30. The van der Waals surface area contributed by atoms with E-state index in [1.165, 1.54) is 13.0 Å². The lowest BCUT2D eigenvalue weighted by Gasteiger charge is -2.11. The van der Waals surface area contributed by atoms with Crippen LogP contribution in [0.3, 0.4) is 0 Å². The van der Waals surface area contributed by atoms with Crippen LogP contribution in [0.25, 0.3) is 0 Å². The van der Waals surface area contributed by atoms with E-state index >= 15 is 0 Å². The van der Waals surface area contributed by atoms with E-state index in [9.17, 15) is 18.0 Å². The summed E-state index contributed by atoms with van der Waals surface area (Å²) in [5, 5.41) is 8.70. The van der Waals surface area contributed by atoms with Gasteiger partial charge in [0, 0.05) is 0 Å².